The minimum atomic E-state index is 0.172. The molecule has 2 fully saturated rings. The molecule has 0 amide bonds. The maximum absolute atomic E-state index is 6.18. The number of likely N-dealkylation sites (tertiary alicyclic amines) is 1. The second kappa shape index (κ2) is 3.93. The molecule has 1 aromatic rings. The van der Waals surface area contributed by atoms with E-state index < -0.39 is 0 Å². The van der Waals surface area contributed by atoms with Gasteiger partial charge < -0.3 is 0 Å². The van der Waals surface area contributed by atoms with Gasteiger partial charge in [0, 0.05) is 0 Å². The van der Waals surface area contributed by atoms with Crippen LogP contribution in [0.5, 0.6) is 0 Å². The molecule has 2 atom stereocenters. The zero-order valence-corrected chi connectivity index (χ0v) is 13.0. The van der Waals surface area contributed by atoms with Crippen LogP contribution in [0.1, 0.15) is 31.5 Å². The van der Waals surface area contributed by atoms with E-state index in [4.69, 9.17) is 11.5 Å². The summed E-state index contributed by atoms with van der Waals surface area (Å²) < 4.78 is 1.18. The van der Waals surface area contributed by atoms with Crippen LogP contribution < -0.4 is 11.5 Å². The van der Waals surface area contributed by atoms with Crippen molar-refractivity contribution in [3.05, 3.63) is 23.0 Å². The molecular formula is C14H20N4V. The van der Waals surface area contributed by atoms with E-state index in [0.717, 1.165) is 23.8 Å². The van der Waals surface area contributed by atoms with Crippen molar-refractivity contribution in [3.8, 4) is 0 Å². The molecule has 1 aromatic heterocycles. The molecule has 4 rings (SSSR count). The van der Waals surface area contributed by atoms with E-state index in [1.54, 1.807) is 0 Å². The maximum atomic E-state index is 6.18. The van der Waals surface area contributed by atoms with E-state index in [2.05, 4.69) is 40.0 Å². The molecule has 5 heteroatoms. The number of hydrogen-bond acceptors (Lipinski definition) is 3. The van der Waals surface area contributed by atoms with Crippen molar-refractivity contribution >= 4 is 15.7 Å². The Labute approximate surface area is 122 Å². The van der Waals surface area contributed by atoms with Crippen LogP contribution >= 0.6 is 0 Å². The number of aromatic nitrogens is 1. The number of nitrogens with two attached hydrogens (primary N) is 2. The van der Waals surface area contributed by atoms with Gasteiger partial charge in [0.2, 0.25) is 0 Å². The van der Waals surface area contributed by atoms with Crippen LogP contribution in [0.15, 0.2) is 11.8 Å². The summed E-state index contributed by atoms with van der Waals surface area (Å²) in [7, 11) is 2.16. The predicted octanol–water partition coefficient (Wildman–Crippen LogP) is 1.37. The van der Waals surface area contributed by atoms with Crippen molar-refractivity contribution < 1.29 is 17.0 Å². The van der Waals surface area contributed by atoms with Crippen LogP contribution in [-0.4, -0.2) is 27.7 Å². The molecule has 2 heterocycles. The summed E-state index contributed by atoms with van der Waals surface area (Å²) >= 11 is 2.62. The Morgan fingerprint density at radius 3 is 2.79 bits per heavy atom. The summed E-state index contributed by atoms with van der Waals surface area (Å²) in [6.07, 6.45) is 3.49. The van der Waals surface area contributed by atoms with E-state index in [9.17, 15) is 0 Å². The predicted molar refractivity (Wildman–Crippen MR) is 75.6 cm³/mol. The van der Waals surface area contributed by atoms with E-state index in [-0.39, 0.29) is 5.41 Å². The Hall–Kier alpha value is -1.13. The molecule has 0 aromatic carbocycles. The molecule has 2 unspecified atom stereocenters. The van der Waals surface area contributed by atoms with Gasteiger partial charge in [0.1, 0.15) is 0 Å². The van der Waals surface area contributed by atoms with Gasteiger partial charge in [0.15, 0.2) is 0 Å². The van der Waals surface area contributed by atoms with Crippen LogP contribution in [0, 0.1) is 5.92 Å². The van der Waals surface area contributed by atoms with Gasteiger partial charge in [0.05, 0.1) is 0 Å². The standard InChI is InChI=1S/C12H14N4.C2H6.V/c1-16-5-6-4-12(6)8(16)3-2-7-9(12)10(13)11(14)15-7;1-2;/h3,6,15H,4-5,13-14H2,1H3;1-2H3;. The molecule has 5 N–H and O–H groups in total. The molecule has 2 aliphatic carbocycles. The van der Waals surface area contributed by atoms with E-state index in [1.165, 1.54) is 21.9 Å². The minimum absolute atomic E-state index is 0.172. The van der Waals surface area contributed by atoms with Gasteiger partial charge in [-0.3, -0.25) is 0 Å². The fraction of sp³-hybridized carbons (Fsp3) is 0.500. The average molecular weight is 295 g/mol. The molecule has 101 valence electrons. The second-order valence-electron chi connectivity index (χ2n) is 5.37. The third-order valence-electron chi connectivity index (χ3n) is 4.51. The van der Waals surface area contributed by atoms with Crippen molar-refractivity contribution in [3.63, 3.8) is 0 Å². The summed E-state index contributed by atoms with van der Waals surface area (Å²) in [6, 6.07) is 0. The molecule has 0 bridgehead atoms. The van der Waals surface area contributed by atoms with Crippen LogP contribution in [0.4, 0.5) is 11.5 Å². The van der Waals surface area contributed by atoms with E-state index in [0.29, 0.717) is 5.82 Å². The fourth-order valence-electron chi connectivity index (χ4n) is 3.70. The molecule has 1 spiro atoms. The number of allylic oxidation sites excluding steroid dienone is 2. The number of aromatic amines is 1. The Morgan fingerprint density at radius 1 is 1.42 bits per heavy atom. The summed E-state index contributed by atoms with van der Waals surface area (Å²) in [5.74, 6) is 1.33. The van der Waals surface area contributed by atoms with Gasteiger partial charge in [-0.25, -0.2) is 0 Å². The number of fused-ring (bicyclic) bond motifs is 1. The number of nitrogens with zero attached hydrogens (tertiary/aromatic N) is 1. The first-order chi connectivity index (χ1) is 9.05. The Bertz CT molecular complexity index is 601. The fourth-order valence-corrected chi connectivity index (χ4v) is 4.15. The van der Waals surface area contributed by atoms with Gasteiger partial charge in [0.25, 0.3) is 0 Å². The van der Waals surface area contributed by atoms with Crippen molar-refractivity contribution in [1.29, 1.82) is 0 Å². The Kier molecular flexibility index (Phi) is 2.67. The van der Waals surface area contributed by atoms with Crippen molar-refractivity contribution in [2.24, 2.45) is 5.92 Å². The van der Waals surface area contributed by atoms with Crippen LogP contribution in [0.25, 0.3) is 0 Å². The summed E-state index contributed by atoms with van der Waals surface area (Å²) in [5.41, 5.74) is 16.8. The van der Waals surface area contributed by atoms with Crippen LogP contribution in [0.2, 0.25) is 0 Å². The number of H-pyrrole nitrogens is 1. The van der Waals surface area contributed by atoms with Gasteiger partial charge >= 0.3 is 108 Å². The number of nitrogens with one attached hydrogen (secondary N) is 1. The molecule has 3 aliphatic rings. The normalized spacial score (nSPS) is 29.8. The summed E-state index contributed by atoms with van der Waals surface area (Å²) in [6.45, 7) is 5.13. The van der Waals surface area contributed by atoms with Crippen molar-refractivity contribution in [2.75, 3.05) is 25.1 Å². The Balaban J connectivity index is 0.000000528. The number of rotatable bonds is 0. The van der Waals surface area contributed by atoms with Gasteiger partial charge in [-0.1, -0.05) is 13.8 Å². The van der Waals surface area contributed by atoms with Crippen molar-refractivity contribution in [1.82, 2.24) is 9.88 Å². The first kappa shape index (κ1) is 12.9. The monoisotopic (exact) mass is 295 g/mol. The van der Waals surface area contributed by atoms with Gasteiger partial charge in [-0.2, -0.15) is 0 Å². The number of piperidine rings is 1. The van der Waals surface area contributed by atoms with E-state index >= 15 is 0 Å². The first-order valence-electron chi connectivity index (χ1n) is 6.82. The second-order valence-corrected chi connectivity index (χ2v) is 6.12. The molecular weight excluding hydrogens is 275 g/mol. The van der Waals surface area contributed by atoms with Crippen LogP contribution in [0.3, 0.4) is 0 Å². The Morgan fingerprint density at radius 2 is 2.11 bits per heavy atom. The molecule has 1 saturated heterocycles. The molecule has 4 nitrogen and oxygen atoms in total. The SMILES string of the molecule is CC.CN1CC2CC23C1=C[C](=[V])c1[nH]c(N)c(N)c13. The van der Waals surface area contributed by atoms with Gasteiger partial charge in [-0.05, 0) is 0 Å². The summed E-state index contributed by atoms with van der Waals surface area (Å²) in [4.78, 5) is 5.59. The number of hydrogen-bond donors (Lipinski definition) is 3. The number of anilines is 2. The topological polar surface area (TPSA) is 71.1 Å². The van der Waals surface area contributed by atoms with E-state index in [1.807, 2.05) is 13.8 Å². The van der Waals surface area contributed by atoms with Crippen LogP contribution in [-0.2, 0) is 22.4 Å². The molecule has 19 heavy (non-hydrogen) atoms. The third kappa shape index (κ3) is 1.39. The van der Waals surface area contributed by atoms with Crippen molar-refractivity contribution in [2.45, 2.75) is 25.7 Å². The number of nitrogen functional groups attached to an aromatic ring is 2. The molecule has 0 radical (unpaired) electrons. The average Bonchev–Trinajstić information content (AvgIpc) is 2.89. The zero-order valence-electron chi connectivity index (χ0n) is 11.6. The quantitative estimate of drug-likeness (QED) is 0.677. The summed E-state index contributed by atoms with van der Waals surface area (Å²) in [5, 5.41) is 0. The first-order valence-corrected chi connectivity index (χ1v) is 7.52. The molecule has 1 saturated carbocycles. The third-order valence-corrected chi connectivity index (χ3v) is 5.06. The van der Waals surface area contributed by atoms with Gasteiger partial charge in [-0.15, -0.1) is 0 Å². The number of likely N-dealkylation sites (N-methyl/N-ethyl adjacent to an activating group) is 1. The zero-order chi connectivity index (χ0) is 13.9. The molecule has 1 aliphatic heterocycles.